The van der Waals surface area contributed by atoms with Gasteiger partial charge in [0.05, 0.1) is 11.5 Å². The number of aliphatic hydroxyl groups excluding tert-OH is 1. The molecule has 0 heterocycles. The van der Waals surface area contributed by atoms with Gasteiger partial charge < -0.3 is 5.11 Å². The molecular weight excluding hydrogens is 354 g/mol. The van der Waals surface area contributed by atoms with E-state index in [0.717, 1.165) is 24.8 Å². The molecule has 0 bridgehead atoms. The Bertz CT molecular complexity index is 619. The maximum Gasteiger partial charge on any atom is 0.241 e. The fourth-order valence-corrected chi connectivity index (χ4v) is 4.98. The van der Waals surface area contributed by atoms with Gasteiger partial charge in [0.25, 0.3) is 0 Å². The number of aliphatic hydroxyl groups is 1. The summed E-state index contributed by atoms with van der Waals surface area (Å²) in [5.74, 6) is 0. The lowest BCUT2D eigenvalue weighted by Crippen LogP contribution is -2.41. The van der Waals surface area contributed by atoms with Crippen molar-refractivity contribution in [1.82, 2.24) is 4.72 Å². The van der Waals surface area contributed by atoms with E-state index in [1.54, 1.807) is 6.07 Å². The molecule has 0 atom stereocenters. The molecule has 0 saturated heterocycles. The molecule has 0 radical (unpaired) electrons. The fourth-order valence-electron chi connectivity index (χ4n) is 2.75. The first-order valence-electron chi connectivity index (χ1n) is 7.23. The minimum atomic E-state index is -3.57. The Hall–Kier alpha value is -0.430. The Balaban J connectivity index is 2.25. The highest BCUT2D eigenvalue weighted by Crippen LogP contribution is 2.43. The standard InChI is InChI=1S/C15H22BrNO3S/c1-3-15(5-4-6-15)10-17-21(19,20)13-8-12(9-18)7-11(2)14(13)16/h7-8,17-18H,3-6,9-10H2,1-2H3. The number of halogens is 1. The molecule has 0 aromatic heterocycles. The average molecular weight is 376 g/mol. The first kappa shape index (κ1) is 16.9. The Kier molecular flexibility index (Phi) is 5.13. The zero-order valence-electron chi connectivity index (χ0n) is 12.4. The van der Waals surface area contributed by atoms with Crippen LogP contribution >= 0.6 is 15.9 Å². The van der Waals surface area contributed by atoms with Gasteiger partial charge in [0.15, 0.2) is 0 Å². The van der Waals surface area contributed by atoms with Crippen LogP contribution in [0.2, 0.25) is 0 Å². The van der Waals surface area contributed by atoms with Crippen LogP contribution in [0.25, 0.3) is 0 Å². The molecule has 0 aliphatic heterocycles. The van der Waals surface area contributed by atoms with Gasteiger partial charge in [-0.1, -0.05) is 19.4 Å². The first-order chi connectivity index (χ1) is 9.83. The minimum Gasteiger partial charge on any atom is -0.392 e. The molecule has 118 valence electrons. The van der Waals surface area contributed by atoms with Crippen molar-refractivity contribution in [3.63, 3.8) is 0 Å². The molecule has 6 heteroatoms. The molecule has 1 aliphatic carbocycles. The quantitative estimate of drug-likeness (QED) is 0.802. The van der Waals surface area contributed by atoms with Gasteiger partial charge in [0.1, 0.15) is 0 Å². The molecular formula is C15H22BrNO3S. The van der Waals surface area contributed by atoms with Crippen molar-refractivity contribution >= 4 is 26.0 Å². The van der Waals surface area contributed by atoms with Crippen LogP contribution in [-0.2, 0) is 16.6 Å². The average Bonchev–Trinajstić information content (AvgIpc) is 2.40. The van der Waals surface area contributed by atoms with Crippen LogP contribution in [0, 0.1) is 12.3 Å². The van der Waals surface area contributed by atoms with E-state index in [9.17, 15) is 13.5 Å². The lowest BCUT2D eigenvalue weighted by Gasteiger charge is -2.41. The molecule has 1 saturated carbocycles. The molecule has 0 spiro atoms. The van der Waals surface area contributed by atoms with Crippen LogP contribution in [0.15, 0.2) is 21.5 Å². The summed E-state index contributed by atoms with van der Waals surface area (Å²) in [6.45, 7) is 4.25. The van der Waals surface area contributed by atoms with Gasteiger partial charge in [-0.15, -0.1) is 0 Å². The summed E-state index contributed by atoms with van der Waals surface area (Å²) in [4.78, 5) is 0.206. The smallest absolute Gasteiger partial charge is 0.241 e. The fraction of sp³-hybridized carbons (Fsp3) is 0.600. The summed E-state index contributed by atoms with van der Waals surface area (Å²) in [6.07, 6.45) is 4.34. The van der Waals surface area contributed by atoms with E-state index in [2.05, 4.69) is 27.6 Å². The summed E-state index contributed by atoms with van der Waals surface area (Å²) < 4.78 is 28.4. The van der Waals surface area contributed by atoms with Gasteiger partial charge in [0.2, 0.25) is 10.0 Å². The molecule has 1 aromatic rings. The van der Waals surface area contributed by atoms with Crippen LogP contribution < -0.4 is 4.72 Å². The topological polar surface area (TPSA) is 66.4 Å². The van der Waals surface area contributed by atoms with E-state index >= 15 is 0 Å². The second kappa shape index (κ2) is 6.36. The SMILES string of the molecule is CCC1(CNS(=O)(=O)c2cc(CO)cc(C)c2Br)CCC1. The van der Waals surface area contributed by atoms with Crippen molar-refractivity contribution < 1.29 is 13.5 Å². The van der Waals surface area contributed by atoms with E-state index in [1.165, 1.54) is 12.5 Å². The maximum absolute atomic E-state index is 12.6. The van der Waals surface area contributed by atoms with Crippen LogP contribution in [0.4, 0.5) is 0 Å². The number of aryl methyl sites for hydroxylation is 1. The van der Waals surface area contributed by atoms with Crippen molar-refractivity contribution in [3.8, 4) is 0 Å². The molecule has 1 aromatic carbocycles. The lowest BCUT2D eigenvalue weighted by atomic mass is 9.67. The number of benzene rings is 1. The first-order valence-corrected chi connectivity index (χ1v) is 9.51. The highest BCUT2D eigenvalue weighted by atomic mass is 79.9. The van der Waals surface area contributed by atoms with Gasteiger partial charge in [0, 0.05) is 11.0 Å². The third kappa shape index (κ3) is 3.50. The Morgan fingerprint density at radius 1 is 1.38 bits per heavy atom. The number of hydrogen-bond acceptors (Lipinski definition) is 3. The third-order valence-corrected chi connectivity index (χ3v) is 7.29. The second-order valence-electron chi connectivity index (χ2n) is 5.91. The van der Waals surface area contributed by atoms with Crippen LogP contribution in [0.1, 0.15) is 43.7 Å². The molecule has 0 amide bonds. The van der Waals surface area contributed by atoms with E-state index in [4.69, 9.17) is 0 Å². The normalized spacial score (nSPS) is 17.5. The Labute approximate surface area is 135 Å². The van der Waals surface area contributed by atoms with Crippen molar-refractivity contribution in [2.45, 2.75) is 51.0 Å². The summed E-state index contributed by atoms with van der Waals surface area (Å²) in [5, 5.41) is 9.26. The second-order valence-corrected chi connectivity index (χ2v) is 8.44. The minimum absolute atomic E-state index is 0.128. The predicted octanol–water partition coefficient (Wildman–Crippen LogP) is 3.11. The Morgan fingerprint density at radius 3 is 2.52 bits per heavy atom. The van der Waals surface area contributed by atoms with Gasteiger partial charge in [-0.25, -0.2) is 13.1 Å². The highest BCUT2D eigenvalue weighted by Gasteiger charge is 2.36. The monoisotopic (exact) mass is 375 g/mol. The number of sulfonamides is 1. The molecule has 1 aliphatic rings. The van der Waals surface area contributed by atoms with E-state index < -0.39 is 10.0 Å². The number of hydrogen-bond donors (Lipinski definition) is 2. The van der Waals surface area contributed by atoms with Crippen molar-refractivity contribution in [3.05, 3.63) is 27.7 Å². The van der Waals surface area contributed by atoms with Gasteiger partial charge in [-0.2, -0.15) is 0 Å². The summed E-state index contributed by atoms with van der Waals surface area (Å²) in [5.41, 5.74) is 1.53. The van der Waals surface area contributed by atoms with Crippen LogP contribution in [0.3, 0.4) is 0 Å². The number of rotatable bonds is 6. The summed E-state index contributed by atoms with van der Waals surface area (Å²) >= 11 is 3.35. The predicted molar refractivity (Wildman–Crippen MR) is 86.6 cm³/mol. The van der Waals surface area contributed by atoms with Crippen molar-refractivity contribution in [2.24, 2.45) is 5.41 Å². The maximum atomic E-state index is 12.6. The molecule has 2 N–H and O–H groups in total. The largest absolute Gasteiger partial charge is 0.392 e. The van der Waals surface area contributed by atoms with Crippen molar-refractivity contribution in [2.75, 3.05) is 6.54 Å². The zero-order chi connectivity index (χ0) is 15.7. The highest BCUT2D eigenvalue weighted by molar-refractivity contribution is 9.10. The molecule has 1 fully saturated rings. The number of nitrogens with one attached hydrogen (secondary N) is 1. The molecule has 4 nitrogen and oxygen atoms in total. The van der Waals surface area contributed by atoms with Gasteiger partial charge >= 0.3 is 0 Å². The lowest BCUT2D eigenvalue weighted by molar-refractivity contribution is 0.133. The van der Waals surface area contributed by atoms with Gasteiger partial charge in [-0.3, -0.25) is 0 Å². The van der Waals surface area contributed by atoms with E-state index in [0.29, 0.717) is 16.6 Å². The molecule has 21 heavy (non-hydrogen) atoms. The van der Waals surface area contributed by atoms with Gasteiger partial charge in [-0.05, 0) is 64.7 Å². The molecule has 2 rings (SSSR count). The van der Waals surface area contributed by atoms with Crippen LogP contribution in [0.5, 0.6) is 0 Å². The van der Waals surface area contributed by atoms with Crippen molar-refractivity contribution in [1.29, 1.82) is 0 Å². The summed E-state index contributed by atoms with van der Waals surface area (Å²) in [6, 6.07) is 3.31. The Morgan fingerprint density at radius 2 is 2.05 bits per heavy atom. The summed E-state index contributed by atoms with van der Waals surface area (Å²) in [7, 11) is -3.57. The third-order valence-electron chi connectivity index (χ3n) is 4.55. The van der Waals surface area contributed by atoms with E-state index in [-0.39, 0.29) is 16.9 Å². The van der Waals surface area contributed by atoms with E-state index in [1.807, 2.05) is 6.92 Å². The van der Waals surface area contributed by atoms with Crippen LogP contribution in [-0.4, -0.2) is 20.1 Å². The zero-order valence-corrected chi connectivity index (χ0v) is 14.8. The molecule has 0 unspecified atom stereocenters.